The Morgan fingerprint density at radius 2 is 2.00 bits per heavy atom. The van der Waals surface area contributed by atoms with E-state index in [-0.39, 0.29) is 10.9 Å². The number of rotatable bonds is 4. The molecule has 0 spiro atoms. The van der Waals surface area contributed by atoms with Gasteiger partial charge in [0.1, 0.15) is 5.75 Å². The Balaban J connectivity index is 1.55. The molecule has 1 fully saturated rings. The molecule has 36 heavy (non-hydrogen) atoms. The van der Waals surface area contributed by atoms with Crippen LogP contribution in [0, 0.1) is 5.92 Å². The number of anilines is 2. The molecule has 1 aromatic carbocycles. The third-order valence-electron chi connectivity index (χ3n) is 6.84. The van der Waals surface area contributed by atoms with Crippen LogP contribution in [0.5, 0.6) is 5.75 Å². The lowest BCUT2D eigenvalue weighted by atomic mass is 10.0. The minimum absolute atomic E-state index is 0.212. The molecule has 4 heterocycles. The number of benzene rings is 1. The first kappa shape index (κ1) is 24.8. The van der Waals surface area contributed by atoms with Crippen LogP contribution in [-0.4, -0.2) is 67.0 Å². The largest absolute Gasteiger partial charge is 0.493 e. The van der Waals surface area contributed by atoms with Crippen molar-refractivity contribution in [1.82, 2.24) is 24.8 Å². The third-order valence-corrected chi connectivity index (χ3v) is 7.95. The van der Waals surface area contributed by atoms with E-state index < -0.39 is 9.84 Å². The van der Waals surface area contributed by atoms with Crippen molar-refractivity contribution in [2.75, 3.05) is 49.3 Å². The molecule has 2 aliphatic heterocycles. The summed E-state index contributed by atoms with van der Waals surface area (Å²) in [5.74, 6) is 2.57. The van der Waals surface area contributed by atoms with Crippen molar-refractivity contribution in [3.05, 3.63) is 30.1 Å². The fourth-order valence-electron chi connectivity index (χ4n) is 4.60. The Bertz CT molecular complexity index is 1330. The zero-order valence-electron chi connectivity index (χ0n) is 21.2. The van der Waals surface area contributed by atoms with Crippen molar-refractivity contribution in [3.63, 3.8) is 0 Å². The zero-order chi connectivity index (χ0) is 25.3. The molecule has 2 N–H and O–H groups in total. The molecule has 1 saturated heterocycles. The highest BCUT2D eigenvalue weighted by atomic mass is 32.2. The Morgan fingerprint density at radius 3 is 2.72 bits per heavy atom. The molecule has 2 bridgehead atoms. The first-order valence-electron chi connectivity index (χ1n) is 12.7. The molecule has 0 unspecified atom stereocenters. The van der Waals surface area contributed by atoms with Crippen LogP contribution >= 0.6 is 0 Å². The quantitative estimate of drug-likeness (QED) is 0.543. The van der Waals surface area contributed by atoms with Crippen molar-refractivity contribution in [1.29, 1.82) is 0 Å². The van der Waals surface area contributed by atoms with Gasteiger partial charge in [0.25, 0.3) is 0 Å². The number of fused-ring (bicyclic) bond motifs is 5. The highest BCUT2D eigenvalue weighted by molar-refractivity contribution is 7.90. The van der Waals surface area contributed by atoms with Crippen LogP contribution in [0.3, 0.4) is 0 Å². The molecule has 0 saturated carbocycles. The van der Waals surface area contributed by atoms with Gasteiger partial charge in [0, 0.05) is 56.5 Å². The van der Waals surface area contributed by atoms with E-state index in [9.17, 15) is 8.42 Å². The minimum atomic E-state index is -3.33. The topological polar surface area (TPSA) is 114 Å². The molecule has 194 valence electrons. The Kier molecular flexibility index (Phi) is 7.03. The fourth-order valence-corrected chi connectivity index (χ4v) is 5.23. The summed E-state index contributed by atoms with van der Waals surface area (Å²) in [6, 6.07) is 5.28. The lowest BCUT2D eigenvalue weighted by Crippen LogP contribution is -2.49. The summed E-state index contributed by atoms with van der Waals surface area (Å²) >= 11 is 0. The maximum absolute atomic E-state index is 12.1. The minimum Gasteiger partial charge on any atom is -0.493 e. The molecule has 10 nitrogen and oxygen atoms in total. The van der Waals surface area contributed by atoms with E-state index in [1.807, 2.05) is 12.4 Å². The maximum atomic E-state index is 12.1. The summed E-state index contributed by atoms with van der Waals surface area (Å²) in [5.41, 5.74) is 2.40. The molecule has 2 aliphatic rings. The van der Waals surface area contributed by atoms with Crippen molar-refractivity contribution in [3.8, 4) is 5.75 Å². The highest BCUT2D eigenvalue weighted by Gasteiger charge is 2.24. The van der Waals surface area contributed by atoms with Crippen LogP contribution in [0.1, 0.15) is 44.7 Å². The van der Waals surface area contributed by atoms with E-state index in [2.05, 4.69) is 38.9 Å². The summed E-state index contributed by atoms with van der Waals surface area (Å²) in [6.07, 6.45) is 5.92. The second kappa shape index (κ2) is 10.2. The van der Waals surface area contributed by atoms with E-state index in [0.717, 1.165) is 68.1 Å². The van der Waals surface area contributed by atoms with Gasteiger partial charge in [-0.05, 0) is 45.2 Å². The predicted molar refractivity (Wildman–Crippen MR) is 141 cm³/mol. The fraction of sp³-hybridized carbons (Fsp3) is 0.560. The molecule has 0 atom stereocenters. The molecule has 11 heteroatoms. The zero-order valence-corrected chi connectivity index (χ0v) is 22.0. The third kappa shape index (κ3) is 5.27. The van der Waals surface area contributed by atoms with Gasteiger partial charge in [-0.3, -0.25) is 0 Å². The molecular weight excluding hydrogens is 478 g/mol. The standard InChI is InChI=1S/C25H35N7O3S/c1-17(2)32-16-28-22-23-27-14-19-7-8-20(36(3,33)34)11-21(19)35-10-6-4-5-9-31(15-18-12-26-13-18)25(29-23)30-24(22)32/h7-8,11,16-18,26H,4-6,9-10,12-15H2,1-3H3,(H,27,29,30). The number of hydrogen-bond acceptors (Lipinski definition) is 9. The number of ether oxygens (including phenoxy) is 1. The number of imidazole rings is 1. The SMILES string of the molecule is CC(C)n1cnc2c3nc(nc21)N(CC1CNC1)CCCCCOc1cc(S(C)(=O)=O)ccc1CN3. The second-order valence-electron chi connectivity index (χ2n) is 10.1. The number of sulfone groups is 1. The summed E-state index contributed by atoms with van der Waals surface area (Å²) in [7, 11) is -3.33. The van der Waals surface area contributed by atoms with E-state index >= 15 is 0 Å². The van der Waals surface area contributed by atoms with Gasteiger partial charge in [-0.15, -0.1) is 0 Å². The average molecular weight is 514 g/mol. The van der Waals surface area contributed by atoms with Crippen molar-refractivity contribution >= 4 is 32.8 Å². The van der Waals surface area contributed by atoms with Crippen LogP contribution in [0.2, 0.25) is 0 Å². The first-order chi connectivity index (χ1) is 17.3. The monoisotopic (exact) mass is 513 g/mol. The van der Waals surface area contributed by atoms with Crippen LogP contribution in [0.15, 0.2) is 29.4 Å². The summed E-state index contributed by atoms with van der Waals surface area (Å²) in [4.78, 5) is 17.2. The number of hydrogen-bond donors (Lipinski definition) is 2. The lowest BCUT2D eigenvalue weighted by Gasteiger charge is -2.33. The Hall–Kier alpha value is -2.92. The van der Waals surface area contributed by atoms with E-state index in [1.165, 1.54) is 6.26 Å². The normalized spacial score (nSPS) is 17.7. The molecule has 5 rings (SSSR count). The molecule has 0 radical (unpaired) electrons. The van der Waals surface area contributed by atoms with E-state index in [1.54, 1.807) is 12.1 Å². The van der Waals surface area contributed by atoms with Crippen LogP contribution in [0.25, 0.3) is 11.2 Å². The number of nitrogens with zero attached hydrogens (tertiary/aromatic N) is 5. The van der Waals surface area contributed by atoms with Gasteiger partial charge in [0.2, 0.25) is 5.95 Å². The Labute approximate surface area is 212 Å². The summed E-state index contributed by atoms with van der Waals surface area (Å²) in [6.45, 7) is 9.03. The van der Waals surface area contributed by atoms with Gasteiger partial charge in [-0.1, -0.05) is 6.07 Å². The van der Waals surface area contributed by atoms with Gasteiger partial charge < -0.3 is 24.8 Å². The van der Waals surface area contributed by atoms with Gasteiger partial charge in [0.15, 0.2) is 26.8 Å². The van der Waals surface area contributed by atoms with Gasteiger partial charge in [-0.2, -0.15) is 9.97 Å². The highest BCUT2D eigenvalue weighted by Crippen LogP contribution is 2.29. The summed E-state index contributed by atoms with van der Waals surface area (Å²) < 4.78 is 32.4. The first-order valence-corrected chi connectivity index (χ1v) is 14.6. The van der Waals surface area contributed by atoms with Crippen LogP contribution < -0.4 is 20.3 Å². The molecule has 0 amide bonds. The van der Waals surface area contributed by atoms with Gasteiger partial charge in [-0.25, -0.2) is 13.4 Å². The average Bonchev–Trinajstić information content (AvgIpc) is 3.24. The van der Waals surface area contributed by atoms with Crippen molar-refractivity contribution in [2.45, 2.75) is 50.6 Å². The Morgan fingerprint density at radius 1 is 1.17 bits per heavy atom. The van der Waals surface area contributed by atoms with Crippen molar-refractivity contribution in [2.24, 2.45) is 5.92 Å². The van der Waals surface area contributed by atoms with Gasteiger partial charge in [0.05, 0.1) is 17.8 Å². The molecule has 3 aromatic rings. The maximum Gasteiger partial charge on any atom is 0.229 e. The molecular formula is C25H35N7O3S. The molecule has 2 aromatic heterocycles. The number of nitrogens with one attached hydrogen (secondary N) is 2. The van der Waals surface area contributed by atoms with E-state index in [0.29, 0.717) is 30.6 Å². The molecule has 0 aliphatic carbocycles. The second-order valence-corrected chi connectivity index (χ2v) is 12.1. The smallest absolute Gasteiger partial charge is 0.229 e. The van der Waals surface area contributed by atoms with E-state index in [4.69, 9.17) is 14.7 Å². The van der Waals surface area contributed by atoms with Crippen molar-refractivity contribution < 1.29 is 13.2 Å². The van der Waals surface area contributed by atoms with Gasteiger partial charge >= 0.3 is 0 Å². The van der Waals surface area contributed by atoms with Crippen LogP contribution in [0.4, 0.5) is 11.8 Å². The number of aromatic nitrogens is 4. The predicted octanol–water partition coefficient (Wildman–Crippen LogP) is 3.01. The van der Waals surface area contributed by atoms with Crippen LogP contribution in [-0.2, 0) is 16.4 Å². The summed E-state index contributed by atoms with van der Waals surface area (Å²) in [5, 5.41) is 6.82. The lowest BCUT2D eigenvalue weighted by molar-refractivity contribution is 0.301.